The van der Waals surface area contributed by atoms with E-state index >= 15 is 0 Å². The molecule has 0 unspecified atom stereocenters. The molecule has 2 aromatic heterocycles. The van der Waals surface area contributed by atoms with Gasteiger partial charge >= 0.3 is 0 Å². The number of fused-ring (bicyclic) bond motifs is 1. The number of hydrogen-bond donors (Lipinski definition) is 1. The van der Waals surface area contributed by atoms with Gasteiger partial charge in [0.15, 0.2) is 11.0 Å². The second kappa shape index (κ2) is 8.64. The highest BCUT2D eigenvalue weighted by Crippen LogP contribution is 2.34. The minimum absolute atomic E-state index is 0.0641. The summed E-state index contributed by atoms with van der Waals surface area (Å²) >= 11 is 2.90. The molecule has 0 aliphatic rings. The zero-order valence-corrected chi connectivity index (χ0v) is 17.6. The molecule has 152 valence electrons. The van der Waals surface area contributed by atoms with E-state index in [-0.39, 0.29) is 23.0 Å². The standard InChI is InChI=1S/C20H17N5O3S2/c1-2-24-19(14-11-29-17-10-6-3-7-13(14)17)22-23-20(24)30-12-18(26)21-15-8-4-5-9-16(15)25(27)28/h3-11H,2,12H2,1H3,(H,21,26). The number of thioether (sulfide) groups is 1. The molecule has 0 spiro atoms. The molecule has 4 aromatic rings. The fraction of sp³-hybridized carbons (Fsp3) is 0.150. The van der Waals surface area contributed by atoms with Gasteiger partial charge in [-0.1, -0.05) is 42.1 Å². The number of rotatable bonds is 7. The molecule has 0 radical (unpaired) electrons. The maximum Gasteiger partial charge on any atom is 0.292 e. The number of hydrogen-bond acceptors (Lipinski definition) is 7. The second-order valence-corrected chi connectivity index (χ2v) is 8.16. The molecule has 1 N–H and O–H groups in total. The number of carbonyl (C=O) groups excluding carboxylic acids is 1. The predicted octanol–water partition coefficient (Wildman–Crippen LogP) is 4.82. The summed E-state index contributed by atoms with van der Waals surface area (Å²) in [7, 11) is 0. The van der Waals surface area contributed by atoms with E-state index in [4.69, 9.17) is 0 Å². The molecule has 30 heavy (non-hydrogen) atoms. The van der Waals surface area contributed by atoms with E-state index in [0.717, 1.165) is 16.8 Å². The number of nitrogens with one attached hydrogen (secondary N) is 1. The Kier molecular flexibility index (Phi) is 5.77. The molecular formula is C20H17N5O3S2. The van der Waals surface area contributed by atoms with E-state index in [1.165, 1.54) is 28.6 Å². The molecule has 0 saturated carbocycles. The number of nitrogens with zero attached hydrogens (tertiary/aromatic N) is 4. The number of anilines is 1. The van der Waals surface area contributed by atoms with E-state index < -0.39 is 4.92 Å². The molecule has 8 nitrogen and oxygen atoms in total. The summed E-state index contributed by atoms with van der Waals surface area (Å²) in [4.78, 5) is 22.9. The average molecular weight is 440 g/mol. The van der Waals surface area contributed by atoms with Crippen molar-refractivity contribution in [2.75, 3.05) is 11.1 Å². The van der Waals surface area contributed by atoms with Crippen molar-refractivity contribution in [3.05, 3.63) is 64.0 Å². The van der Waals surface area contributed by atoms with Crippen LogP contribution in [0, 0.1) is 10.1 Å². The highest BCUT2D eigenvalue weighted by molar-refractivity contribution is 7.99. The SMILES string of the molecule is CCn1c(SCC(=O)Nc2ccccc2[N+](=O)[O-])nnc1-c1csc2ccccc12. The lowest BCUT2D eigenvalue weighted by Gasteiger charge is -2.08. The number of thiophene rings is 1. The van der Waals surface area contributed by atoms with Gasteiger partial charge in [-0.25, -0.2) is 0 Å². The number of nitro groups is 1. The summed E-state index contributed by atoms with van der Waals surface area (Å²) in [6.45, 7) is 2.65. The molecule has 0 bridgehead atoms. The van der Waals surface area contributed by atoms with Crippen molar-refractivity contribution in [3.63, 3.8) is 0 Å². The molecule has 0 aliphatic carbocycles. The second-order valence-electron chi connectivity index (χ2n) is 6.31. The Morgan fingerprint density at radius 1 is 1.20 bits per heavy atom. The van der Waals surface area contributed by atoms with Gasteiger partial charge in [0, 0.05) is 33.6 Å². The monoisotopic (exact) mass is 439 g/mol. The fourth-order valence-corrected chi connectivity index (χ4v) is 4.83. The van der Waals surface area contributed by atoms with Gasteiger partial charge in [-0.3, -0.25) is 14.9 Å². The quantitative estimate of drug-likeness (QED) is 0.252. The lowest BCUT2D eigenvalue weighted by atomic mass is 10.1. The van der Waals surface area contributed by atoms with E-state index in [2.05, 4.69) is 33.0 Å². The van der Waals surface area contributed by atoms with E-state index in [9.17, 15) is 14.9 Å². The largest absolute Gasteiger partial charge is 0.320 e. The Hall–Kier alpha value is -3.24. The van der Waals surface area contributed by atoms with E-state index in [1.807, 2.05) is 23.6 Å². The van der Waals surface area contributed by atoms with Crippen LogP contribution in [0.4, 0.5) is 11.4 Å². The van der Waals surface area contributed by atoms with Gasteiger partial charge in [-0.05, 0) is 19.1 Å². The van der Waals surface area contributed by atoms with Crippen LogP contribution in [0.25, 0.3) is 21.5 Å². The van der Waals surface area contributed by atoms with Crippen molar-refractivity contribution >= 4 is 50.5 Å². The van der Waals surface area contributed by atoms with Crippen LogP contribution in [0.2, 0.25) is 0 Å². The normalized spacial score (nSPS) is 11.0. The van der Waals surface area contributed by atoms with Gasteiger partial charge in [0.05, 0.1) is 10.7 Å². The number of amides is 1. The van der Waals surface area contributed by atoms with Gasteiger partial charge in [-0.15, -0.1) is 21.5 Å². The van der Waals surface area contributed by atoms with Crippen molar-refractivity contribution in [1.29, 1.82) is 0 Å². The van der Waals surface area contributed by atoms with Crippen LogP contribution in [-0.2, 0) is 11.3 Å². The number of carbonyl (C=O) groups is 1. The van der Waals surface area contributed by atoms with Crippen LogP contribution in [-0.4, -0.2) is 31.3 Å². The zero-order chi connectivity index (χ0) is 21.1. The first kappa shape index (κ1) is 20.0. The first-order valence-electron chi connectivity index (χ1n) is 9.14. The molecule has 0 atom stereocenters. The summed E-state index contributed by atoms with van der Waals surface area (Å²) < 4.78 is 3.15. The van der Waals surface area contributed by atoms with Gasteiger partial charge in [0.25, 0.3) is 5.69 Å². The van der Waals surface area contributed by atoms with E-state index in [1.54, 1.807) is 23.5 Å². The zero-order valence-electron chi connectivity index (χ0n) is 15.9. The summed E-state index contributed by atoms with van der Waals surface area (Å²) in [5.41, 5.74) is 1.05. The Morgan fingerprint density at radius 3 is 2.77 bits per heavy atom. The van der Waals surface area contributed by atoms with Crippen molar-refractivity contribution in [1.82, 2.24) is 14.8 Å². The predicted molar refractivity (Wildman–Crippen MR) is 119 cm³/mol. The Labute approximate surface area is 180 Å². The molecule has 1 amide bonds. The lowest BCUT2D eigenvalue weighted by Crippen LogP contribution is -2.15. The highest BCUT2D eigenvalue weighted by Gasteiger charge is 2.19. The Morgan fingerprint density at radius 2 is 1.97 bits per heavy atom. The molecule has 0 aliphatic heterocycles. The van der Waals surface area contributed by atoms with Gasteiger partial charge in [-0.2, -0.15) is 0 Å². The topological polar surface area (TPSA) is 103 Å². The van der Waals surface area contributed by atoms with Crippen molar-refractivity contribution in [2.24, 2.45) is 0 Å². The number of nitro benzene ring substituents is 1. The molecule has 0 saturated heterocycles. The Bertz CT molecular complexity index is 1230. The maximum absolute atomic E-state index is 12.4. The summed E-state index contributed by atoms with van der Waals surface area (Å²) in [6, 6.07) is 14.2. The Balaban J connectivity index is 1.51. The molecule has 2 aromatic carbocycles. The number of benzene rings is 2. The third-order valence-corrected chi connectivity index (χ3v) is 6.39. The highest BCUT2D eigenvalue weighted by atomic mass is 32.2. The first-order chi connectivity index (χ1) is 14.6. The number of aromatic nitrogens is 3. The summed E-state index contributed by atoms with van der Waals surface area (Å²) in [5.74, 6) is 0.480. The van der Waals surface area contributed by atoms with Crippen molar-refractivity contribution in [3.8, 4) is 11.4 Å². The van der Waals surface area contributed by atoms with Crippen LogP contribution in [0.3, 0.4) is 0 Å². The lowest BCUT2D eigenvalue weighted by molar-refractivity contribution is -0.383. The van der Waals surface area contributed by atoms with Crippen LogP contribution in [0.15, 0.2) is 59.1 Å². The minimum Gasteiger partial charge on any atom is -0.320 e. The first-order valence-corrected chi connectivity index (χ1v) is 11.0. The summed E-state index contributed by atoms with van der Waals surface area (Å²) in [6.07, 6.45) is 0. The van der Waals surface area contributed by atoms with Crippen LogP contribution in [0.1, 0.15) is 6.92 Å². The van der Waals surface area contributed by atoms with Crippen molar-refractivity contribution < 1.29 is 9.72 Å². The maximum atomic E-state index is 12.4. The number of para-hydroxylation sites is 2. The smallest absolute Gasteiger partial charge is 0.292 e. The molecule has 10 heteroatoms. The molecule has 4 rings (SSSR count). The molecular weight excluding hydrogens is 422 g/mol. The minimum atomic E-state index is -0.520. The third kappa shape index (κ3) is 3.91. The van der Waals surface area contributed by atoms with Gasteiger partial charge < -0.3 is 9.88 Å². The van der Waals surface area contributed by atoms with Crippen molar-refractivity contribution in [2.45, 2.75) is 18.6 Å². The molecule has 2 heterocycles. The van der Waals surface area contributed by atoms with Crippen LogP contribution < -0.4 is 5.32 Å². The van der Waals surface area contributed by atoms with Crippen LogP contribution in [0.5, 0.6) is 0 Å². The summed E-state index contributed by atoms with van der Waals surface area (Å²) in [5, 5.41) is 26.1. The average Bonchev–Trinajstić information content (AvgIpc) is 3.35. The molecule has 0 fully saturated rings. The van der Waals surface area contributed by atoms with Gasteiger partial charge in [0.2, 0.25) is 5.91 Å². The van der Waals surface area contributed by atoms with E-state index in [0.29, 0.717) is 11.7 Å². The third-order valence-electron chi connectivity index (χ3n) is 4.46. The fourth-order valence-electron chi connectivity index (χ4n) is 3.09. The van der Waals surface area contributed by atoms with Crippen LogP contribution >= 0.6 is 23.1 Å². The van der Waals surface area contributed by atoms with Gasteiger partial charge in [0.1, 0.15) is 5.69 Å².